The predicted octanol–water partition coefficient (Wildman–Crippen LogP) is 2.32. The van der Waals surface area contributed by atoms with Crippen molar-refractivity contribution >= 4 is 10.4 Å². The maximum absolute atomic E-state index is 9.56. The summed E-state index contributed by atoms with van der Waals surface area (Å²) in [4.78, 5) is 0. The van der Waals surface area contributed by atoms with Gasteiger partial charge in [0.2, 0.25) is 0 Å². The van der Waals surface area contributed by atoms with Gasteiger partial charge in [-0.05, 0) is 32.1 Å². The number of rotatable bonds is 8. The zero-order valence-electron chi connectivity index (χ0n) is 11.2. The van der Waals surface area contributed by atoms with Gasteiger partial charge < -0.3 is 5.73 Å². The lowest BCUT2D eigenvalue weighted by Crippen LogP contribution is -2.28. The van der Waals surface area contributed by atoms with Crippen LogP contribution in [0.4, 0.5) is 0 Å². The molecule has 0 fully saturated rings. The molecule has 0 rings (SSSR count). The Morgan fingerprint density at radius 2 is 1.72 bits per heavy atom. The molecule has 0 amide bonds. The third-order valence-electron chi connectivity index (χ3n) is 2.28. The molecule has 1 atom stereocenters. The van der Waals surface area contributed by atoms with Gasteiger partial charge in [-0.1, -0.05) is 19.1 Å². The van der Waals surface area contributed by atoms with E-state index in [0.29, 0.717) is 12.0 Å². The Hall–Kier alpha value is -0.690. The number of hydrogen-bond donors (Lipinski definition) is 2. The van der Waals surface area contributed by atoms with Gasteiger partial charge in [0.25, 0.3) is 0 Å². The topological polar surface area (TPSA) is 89.6 Å². The lowest BCUT2D eigenvalue weighted by Gasteiger charge is -2.19. The van der Waals surface area contributed by atoms with Crippen LogP contribution in [0.2, 0.25) is 0 Å². The maximum Gasteiger partial charge on any atom is 0.397 e. The van der Waals surface area contributed by atoms with Gasteiger partial charge in [0, 0.05) is 6.04 Å². The molecule has 18 heavy (non-hydrogen) atoms. The summed E-state index contributed by atoms with van der Waals surface area (Å²) < 4.78 is 30.7. The normalized spacial score (nSPS) is 12.5. The van der Waals surface area contributed by atoms with Gasteiger partial charge in [0.05, 0.1) is 6.61 Å². The zero-order chi connectivity index (χ0) is 14.6. The van der Waals surface area contributed by atoms with E-state index in [9.17, 15) is 8.42 Å². The minimum absolute atomic E-state index is 0.0289. The smallest absolute Gasteiger partial charge is 0.327 e. The van der Waals surface area contributed by atoms with Crippen molar-refractivity contribution in [1.82, 2.24) is 0 Å². The summed E-state index contributed by atoms with van der Waals surface area (Å²) in [7, 11) is -4.17. The minimum atomic E-state index is -4.17. The second kappa shape index (κ2) is 11.4. The molecule has 0 radical (unpaired) electrons. The molecule has 0 aromatic heterocycles. The third-order valence-corrected chi connectivity index (χ3v) is 2.82. The molecule has 0 aliphatic carbocycles. The van der Waals surface area contributed by atoms with Gasteiger partial charge in [0.1, 0.15) is 0 Å². The van der Waals surface area contributed by atoms with Crippen LogP contribution in [0.5, 0.6) is 0 Å². The van der Waals surface area contributed by atoms with Crippen LogP contribution in [-0.4, -0.2) is 25.6 Å². The highest BCUT2D eigenvalue weighted by Gasteiger charge is 2.12. The Morgan fingerprint density at radius 1 is 1.28 bits per heavy atom. The van der Waals surface area contributed by atoms with E-state index in [4.69, 9.17) is 10.3 Å². The summed E-state index contributed by atoms with van der Waals surface area (Å²) in [5.41, 5.74) is 5.89. The minimum Gasteiger partial charge on any atom is -0.327 e. The maximum atomic E-state index is 9.56. The largest absolute Gasteiger partial charge is 0.397 e. The van der Waals surface area contributed by atoms with Gasteiger partial charge in [-0.15, -0.1) is 13.2 Å². The summed E-state index contributed by atoms with van der Waals surface area (Å²) in [6.07, 6.45) is 6.90. The van der Waals surface area contributed by atoms with E-state index in [-0.39, 0.29) is 6.61 Å². The SMILES string of the molecule is C=CCC(CC=C)C(N)CC.CCOS(=O)(=O)O. The first-order valence-corrected chi connectivity index (χ1v) is 7.28. The van der Waals surface area contributed by atoms with Crippen molar-refractivity contribution in [1.29, 1.82) is 0 Å². The lowest BCUT2D eigenvalue weighted by molar-refractivity contribution is 0.283. The molecule has 0 aliphatic heterocycles. The average molecular weight is 279 g/mol. The molecule has 0 bridgehead atoms. The van der Waals surface area contributed by atoms with Gasteiger partial charge >= 0.3 is 10.4 Å². The van der Waals surface area contributed by atoms with Crippen LogP contribution in [0.1, 0.15) is 33.1 Å². The van der Waals surface area contributed by atoms with Crippen molar-refractivity contribution in [3.63, 3.8) is 0 Å². The van der Waals surface area contributed by atoms with Crippen LogP contribution in [0.3, 0.4) is 0 Å². The Morgan fingerprint density at radius 3 is 1.89 bits per heavy atom. The summed E-state index contributed by atoms with van der Waals surface area (Å²) >= 11 is 0. The lowest BCUT2D eigenvalue weighted by atomic mass is 9.92. The first-order valence-electron chi connectivity index (χ1n) is 5.91. The highest BCUT2D eigenvalue weighted by molar-refractivity contribution is 7.80. The monoisotopic (exact) mass is 279 g/mol. The summed E-state index contributed by atoms with van der Waals surface area (Å²) in [5, 5.41) is 0. The van der Waals surface area contributed by atoms with E-state index in [0.717, 1.165) is 19.3 Å². The van der Waals surface area contributed by atoms with E-state index < -0.39 is 10.4 Å². The molecule has 108 valence electrons. The molecule has 6 heteroatoms. The molecule has 0 spiro atoms. The molecule has 1 unspecified atom stereocenters. The first kappa shape index (κ1) is 19.6. The van der Waals surface area contributed by atoms with Crippen LogP contribution in [0, 0.1) is 5.92 Å². The quantitative estimate of drug-likeness (QED) is 0.525. The zero-order valence-corrected chi connectivity index (χ0v) is 12.0. The fourth-order valence-electron chi connectivity index (χ4n) is 1.36. The van der Waals surface area contributed by atoms with E-state index in [1.54, 1.807) is 0 Å². The number of allylic oxidation sites excluding steroid dienone is 2. The molecule has 5 nitrogen and oxygen atoms in total. The van der Waals surface area contributed by atoms with Crippen LogP contribution in [0.15, 0.2) is 25.3 Å². The van der Waals surface area contributed by atoms with Crippen LogP contribution in [-0.2, 0) is 14.6 Å². The summed E-state index contributed by atoms with van der Waals surface area (Å²) in [5.74, 6) is 0.537. The Labute approximate surface area is 111 Å². The second-order valence-electron chi connectivity index (χ2n) is 3.72. The predicted molar refractivity (Wildman–Crippen MR) is 74.6 cm³/mol. The first-order chi connectivity index (χ1) is 8.32. The van der Waals surface area contributed by atoms with Crippen molar-refractivity contribution in [2.75, 3.05) is 6.61 Å². The third kappa shape index (κ3) is 13.4. The van der Waals surface area contributed by atoms with Crippen molar-refractivity contribution in [3.8, 4) is 0 Å². The van der Waals surface area contributed by atoms with Crippen molar-refractivity contribution in [3.05, 3.63) is 25.3 Å². The highest BCUT2D eigenvalue weighted by atomic mass is 32.3. The van der Waals surface area contributed by atoms with Gasteiger partial charge in [-0.25, -0.2) is 4.18 Å². The van der Waals surface area contributed by atoms with Gasteiger partial charge in [-0.3, -0.25) is 4.55 Å². The highest BCUT2D eigenvalue weighted by Crippen LogP contribution is 2.15. The van der Waals surface area contributed by atoms with E-state index >= 15 is 0 Å². The number of hydrogen-bond acceptors (Lipinski definition) is 4. The van der Waals surface area contributed by atoms with E-state index in [2.05, 4.69) is 24.3 Å². The summed E-state index contributed by atoms with van der Waals surface area (Å²) in [6.45, 7) is 11.0. The molecule has 0 aromatic rings. The van der Waals surface area contributed by atoms with E-state index in [1.165, 1.54) is 6.92 Å². The Bertz CT molecular complexity index is 304. The molecule has 0 aromatic carbocycles. The molecule has 0 aliphatic rings. The Balaban J connectivity index is 0. The number of nitrogens with two attached hydrogens (primary N) is 1. The fraction of sp³-hybridized carbons (Fsp3) is 0.667. The average Bonchev–Trinajstić information content (AvgIpc) is 2.27. The van der Waals surface area contributed by atoms with Crippen LogP contribution < -0.4 is 5.73 Å². The van der Waals surface area contributed by atoms with Gasteiger partial charge in [0.15, 0.2) is 0 Å². The van der Waals surface area contributed by atoms with E-state index in [1.807, 2.05) is 12.2 Å². The Kier molecular flexibility index (Phi) is 12.4. The fourth-order valence-corrected chi connectivity index (χ4v) is 1.65. The van der Waals surface area contributed by atoms with Crippen molar-refractivity contribution in [2.24, 2.45) is 11.7 Å². The van der Waals surface area contributed by atoms with Crippen molar-refractivity contribution in [2.45, 2.75) is 39.2 Å². The molecule has 3 N–H and O–H groups in total. The molecule has 0 saturated heterocycles. The van der Waals surface area contributed by atoms with Crippen LogP contribution in [0.25, 0.3) is 0 Å². The van der Waals surface area contributed by atoms with Crippen LogP contribution >= 0.6 is 0 Å². The summed E-state index contributed by atoms with van der Waals surface area (Å²) in [6, 6.07) is 0.297. The van der Waals surface area contributed by atoms with Gasteiger partial charge in [-0.2, -0.15) is 8.42 Å². The standard InChI is InChI=1S/C10H19N.C2H6O4S/c1-4-7-9(8-5-2)10(11)6-3;1-2-6-7(3,4)5/h4-5,9-10H,1-2,6-8,11H2,3H3;2H2,1H3,(H,3,4,5). The van der Waals surface area contributed by atoms with Crippen molar-refractivity contribution < 1.29 is 17.2 Å². The second-order valence-corrected chi connectivity index (χ2v) is 4.81. The molecule has 0 saturated carbocycles. The molecular formula is C12H25NO4S. The molecule has 0 heterocycles. The molecular weight excluding hydrogens is 254 g/mol.